The molecule has 25 heavy (non-hydrogen) atoms. The first-order valence-corrected chi connectivity index (χ1v) is 8.29. The highest BCUT2D eigenvalue weighted by molar-refractivity contribution is 6.34. The molecule has 1 aliphatic carbocycles. The molecule has 1 fully saturated rings. The standard InChI is InChI=1S/C16H21ClN4O4/c1-20(2)10-16(7-4-8-16)19-13(22)9-18-15(23)14-11(17)5-3-6-12(14)21(24)25/h3,5-6H,4,7-10H2,1-2H3,(H,18,23)(H,19,22). The molecule has 8 nitrogen and oxygen atoms in total. The maximum atomic E-state index is 12.2. The van der Waals surface area contributed by atoms with Gasteiger partial charge in [0.1, 0.15) is 5.56 Å². The maximum absolute atomic E-state index is 12.2. The highest BCUT2D eigenvalue weighted by atomic mass is 35.5. The highest BCUT2D eigenvalue weighted by Crippen LogP contribution is 2.32. The molecule has 0 bridgehead atoms. The van der Waals surface area contributed by atoms with E-state index >= 15 is 0 Å². The smallest absolute Gasteiger partial charge is 0.283 e. The summed E-state index contributed by atoms with van der Waals surface area (Å²) in [5.41, 5.74) is -0.899. The summed E-state index contributed by atoms with van der Waals surface area (Å²) in [6.07, 6.45) is 2.83. The Morgan fingerprint density at radius 1 is 1.36 bits per heavy atom. The molecule has 1 aliphatic rings. The van der Waals surface area contributed by atoms with Gasteiger partial charge in [-0.2, -0.15) is 0 Å². The second-order valence-corrected chi connectivity index (χ2v) is 6.90. The Labute approximate surface area is 150 Å². The van der Waals surface area contributed by atoms with Crippen molar-refractivity contribution in [2.24, 2.45) is 0 Å². The SMILES string of the molecule is CN(C)CC1(NC(=O)CNC(=O)c2c(Cl)cccc2[N+](=O)[O-])CCC1. The second kappa shape index (κ2) is 7.79. The molecule has 1 aromatic rings. The van der Waals surface area contributed by atoms with Crippen molar-refractivity contribution in [3.8, 4) is 0 Å². The van der Waals surface area contributed by atoms with Gasteiger partial charge in [-0.1, -0.05) is 17.7 Å². The summed E-state index contributed by atoms with van der Waals surface area (Å²) in [7, 11) is 3.87. The zero-order valence-corrected chi connectivity index (χ0v) is 14.9. The summed E-state index contributed by atoms with van der Waals surface area (Å²) < 4.78 is 0. The van der Waals surface area contributed by atoms with Crippen LogP contribution in [-0.2, 0) is 4.79 Å². The van der Waals surface area contributed by atoms with Crippen LogP contribution in [0.1, 0.15) is 29.6 Å². The molecular formula is C16H21ClN4O4. The number of benzene rings is 1. The van der Waals surface area contributed by atoms with E-state index in [9.17, 15) is 19.7 Å². The Bertz CT molecular complexity index is 689. The van der Waals surface area contributed by atoms with Gasteiger partial charge in [-0.3, -0.25) is 19.7 Å². The van der Waals surface area contributed by atoms with Crippen LogP contribution in [0.4, 0.5) is 5.69 Å². The van der Waals surface area contributed by atoms with Crippen molar-refractivity contribution >= 4 is 29.1 Å². The van der Waals surface area contributed by atoms with Crippen molar-refractivity contribution < 1.29 is 14.5 Å². The number of carbonyl (C=O) groups excluding carboxylic acids is 2. The third kappa shape index (κ3) is 4.67. The summed E-state index contributed by atoms with van der Waals surface area (Å²) in [5.74, 6) is -1.08. The number of rotatable bonds is 7. The second-order valence-electron chi connectivity index (χ2n) is 6.49. The van der Waals surface area contributed by atoms with Crippen molar-refractivity contribution in [3.05, 3.63) is 38.9 Å². The Balaban J connectivity index is 1.98. The first-order valence-electron chi connectivity index (χ1n) is 7.91. The van der Waals surface area contributed by atoms with Crippen molar-refractivity contribution in [3.63, 3.8) is 0 Å². The molecule has 0 unspecified atom stereocenters. The first kappa shape index (κ1) is 19.1. The lowest BCUT2D eigenvalue weighted by Gasteiger charge is -2.44. The molecule has 2 amide bonds. The largest absolute Gasteiger partial charge is 0.348 e. The molecule has 136 valence electrons. The predicted molar refractivity (Wildman–Crippen MR) is 93.7 cm³/mol. The van der Waals surface area contributed by atoms with Gasteiger partial charge in [-0.15, -0.1) is 0 Å². The first-order chi connectivity index (χ1) is 11.7. The van der Waals surface area contributed by atoms with Crippen molar-refractivity contribution in [1.29, 1.82) is 0 Å². The summed E-state index contributed by atoms with van der Waals surface area (Å²) in [6.45, 7) is 0.457. The minimum absolute atomic E-state index is 0.0322. The molecule has 0 saturated heterocycles. The third-order valence-electron chi connectivity index (χ3n) is 4.16. The molecule has 1 saturated carbocycles. The molecule has 0 heterocycles. The van der Waals surface area contributed by atoms with E-state index < -0.39 is 16.5 Å². The van der Waals surface area contributed by atoms with Gasteiger partial charge in [-0.05, 0) is 39.4 Å². The summed E-state index contributed by atoms with van der Waals surface area (Å²) in [4.78, 5) is 36.8. The number of nitro groups is 1. The Morgan fingerprint density at radius 3 is 2.56 bits per heavy atom. The minimum atomic E-state index is -0.747. The number of halogens is 1. The fourth-order valence-electron chi connectivity index (χ4n) is 3.01. The molecule has 0 aromatic heterocycles. The molecule has 0 radical (unpaired) electrons. The zero-order valence-electron chi connectivity index (χ0n) is 14.2. The van der Waals surface area contributed by atoms with Gasteiger partial charge in [0, 0.05) is 12.6 Å². The molecule has 0 aliphatic heterocycles. The highest BCUT2D eigenvalue weighted by Gasteiger charge is 2.38. The molecule has 9 heteroatoms. The lowest BCUT2D eigenvalue weighted by atomic mass is 9.76. The average molecular weight is 369 g/mol. The number of hydrogen-bond acceptors (Lipinski definition) is 5. The number of nitro benzene ring substituents is 1. The van der Waals surface area contributed by atoms with Crippen LogP contribution in [0.5, 0.6) is 0 Å². The minimum Gasteiger partial charge on any atom is -0.348 e. The normalized spacial score (nSPS) is 15.4. The van der Waals surface area contributed by atoms with E-state index in [1.54, 1.807) is 0 Å². The fraction of sp³-hybridized carbons (Fsp3) is 0.500. The van der Waals surface area contributed by atoms with Gasteiger partial charge in [0.2, 0.25) is 5.91 Å². The number of nitrogens with one attached hydrogen (secondary N) is 2. The predicted octanol–water partition coefficient (Wildman–Crippen LogP) is 1.58. The van der Waals surface area contributed by atoms with E-state index in [1.165, 1.54) is 18.2 Å². The number of likely N-dealkylation sites (N-methyl/N-ethyl adjacent to an activating group) is 1. The van der Waals surface area contributed by atoms with Crippen LogP contribution in [0.2, 0.25) is 5.02 Å². The van der Waals surface area contributed by atoms with Crippen molar-refractivity contribution in [2.45, 2.75) is 24.8 Å². The van der Waals surface area contributed by atoms with Gasteiger partial charge in [0.15, 0.2) is 0 Å². The van der Waals surface area contributed by atoms with Gasteiger partial charge >= 0.3 is 0 Å². The van der Waals surface area contributed by atoms with Crippen LogP contribution in [0, 0.1) is 10.1 Å². The van der Waals surface area contributed by atoms with Crippen LogP contribution < -0.4 is 10.6 Å². The number of carbonyl (C=O) groups is 2. The van der Waals surface area contributed by atoms with Crippen molar-refractivity contribution in [2.75, 3.05) is 27.2 Å². The van der Waals surface area contributed by atoms with Gasteiger partial charge in [0.05, 0.1) is 22.0 Å². The summed E-state index contributed by atoms with van der Waals surface area (Å²) in [6, 6.07) is 3.98. The van der Waals surface area contributed by atoms with Crippen LogP contribution in [0.25, 0.3) is 0 Å². The molecule has 0 spiro atoms. The Morgan fingerprint density at radius 2 is 2.04 bits per heavy atom. The topological polar surface area (TPSA) is 105 Å². The van der Waals surface area contributed by atoms with Crippen LogP contribution in [0.3, 0.4) is 0 Å². The van der Waals surface area contributed by atoms with Crippen molar-refractivity contribution in [1.82, 2.24) is 15.5 Å². The summed E-state index contributed by atoms with van der Waals surface area (Å²) >= 11 is 5.91. The maximum Gasteiger partial charge on any atom is 0.283 e. The molecule has 2 N–H and O–H groups in total. The average Bonchev–Trinajstić information content (AvgIpc) is 2.49. The summed E-state index contributed by atoms with van der Waals surface area (Å²) in [5, 5.41) is 16.4. The lowest BCUT2D eigenvalue weighted by molar-refractivity contribution is -0.385. The van der Waals surface area contributed by atoms with Crippen LogP contribution >= 0.6 is 11.6 Å². The number of amides is 2. The number of nitrogens with zero attached hydrogens (tertiary/aromatic N) is 2. The molecular weight excluding hydrogens is 348 g/mol. The van der Waals surface area contributed by atoms with E-state index in [0.29, 0.717) is 0 Å². The Hall–Kier alpha value is -2.19. The zero-order chi connectivity index (χ0) is 18.6. The van der Waals surface area contributed by atoms with E-state index in [-0.39, 0.29) is 28.6 Å². The van der Waals surface area contributed by atoms with Crippen LogP contribution in [0.15, 0.2) is 18.2 Å². The fourth-order valence-corrected chi connectivity index (χ4v) is 3.27. The molecule has 1 aromatic carbocycles. The monoisotopic (exact) mass is 368 g/mol. The van der Waals surface area contributed by atoms with Gasteiger partial charge in [-0.25, -0.2) is 0 Å². The van der Waals surface area contributed by atoms with E-state index in [0.717, 1.165) is 25.8 Å². The van der Waals surface area contributed by atoms with Gasteiger partial charge in [0.25, 0.3) is 11.6 Å². The van der Waals surface area contributed by atoms with E-state index in [4.69, 9.17) is 11.6 Å². The van der Waals surface area contributed by atoms with Crippen LogP contribution in [-0.4, -0.2) is 54.4 Å². The van der Waals surface area contributed by atoms with E-state index in [2.05, 4.69) is 10.6 Å². The Kier molecular flexibility index (Phi) is 5.97. The quantitative estimate of drug-likeness (QED) is 0.561. The number of hydrogen-bond donors (Lipinski definition) is 2. The lowest BCUT2D eigenvalue weighted by Crippen LogP contribution is -2.60. The van der Waals surface area contributed by atoms with Gasteiger partial charge < -0.3 is 15.5 Å². The molecule has 2 rings (SSSR count). The van der Waals surface area contributed by atoms with E-state index in [1.807, 2.05) is 19.0 Å². The molecule has 0 atom stereocenters. The third-order valence-corrected chi connectivity index (χ3v) is 4.47.